The van der Waals surface area contributed by atoms with Crippen molar-refractivity contribution in [1.82, 2.24) is 0 Å². The van der Waals surface area contributed by atoms with Crippen molar-refractivity contribution < 1.29 is 34.0 Å². The number of rotatable bonds is 19. The van der Waals surface area contributed by atoms with Crippen molar-refractivity contribution in [1.29, 1.82) is 0 Å². The molecule has 4 aromatic carbocycles. The third kappa shape index (κ3) is 12.5. The van der Waals surface area contributed by atoms with Crippen LogP contribution in [-0.2, 0) is 14.3 Å². The molecule has 0 bridgehead atoms. The number of carbonyl (C=O) groups excluding carboxylic acids is 2. The molecule has 0 fully saturated rings. The van der Waals surface area contributed by atoms with Gasteiger partial charge in [0.05, 0.1) is 0 Å². The number of carbonyl (C=O) groups is 2. The molecule has 0 spiro atoms. The molecule has 356 valence electrons. The number of benzene rings is 4. The van der Waals surface area contributed by atoms with Crippen LogP contribution in [0.25, 0.3) is 22.3 Å². The number of hydrogen-bond acceptors (Lipinski definition) is 8. The van der Waals surface area contributed by atoms with Gasteiger partial charge in [0.15, 0.2) is 0 Å². The molecule has 4 unspecified atom stereocenters. The van der Waals surface area contributed by atoms with E-state index in [2.05, 4.69) is 145 Å². The van der Waals surface area contributed by atoms with Gasteiger partial charge in [-0.2, -0.15) is 0 Å². The first-order valence-electron chi connectivity index (χ1n) is 24.2. The van der Waals surface area contributed by atoms with E-state index in [-0.39, 0.29) is 53.3 Å². The largest absolute Gasteiger partial charge is 0.507 e. The van der Waals surface area contributed by atoms with Crippen LogP contribution in [0.15, 0.2) is 48.5 Å². The molecule has 8 nitrogen and oxygen atoms in total. The van der Waals surface area contributed by atoms with Crippen molar-refractivity contribution in [2.45, 2.75) is 197 Å². The second-order valence-electron chi connectivity index (χ2n) is 20.8. The van der Waals surface area contributed by atoms with E-state index in [0.717, 1.165) is 85.4 Å². The molecule has 0 radical (unpaired) electrons. The molecule has 0 aliphatic heterocycles. The minimum Gasteiger partial charge on any atom is -0.507 e. The summed E-state index contributed by atoms with van der Waals surface area (Å²) in [4.78, 5) is 25.0. The third-order valence-electron chi connectivity index (χ3n) is 12.9. The van der Waals surface area contributed by atoms with Gasteiger partial charge in [0, 0.05) is 13.8 Å². The molecule has 0 saturated heterocycles. The number of ether oxygens (including phenoxy) is 3. The molecule has 4 atom stereocenters. The molecule has 0 aliphatic rings. The molecule has 0 amide bonds. The van der Waals surface area contributed by atoms with Crippen LogP contribution in [0.1, 0.15) is 229 Å². The van der Waals surface area contributed by atoms with E-state index in [0.29, 0.717) is 17.2 Å². The summed E-state index contributed by atoms with van der Waals surface area (Å²) in [7, 11) is 0. The second kappa shape index (κ2) is 22.1. The van der Waals surface area contributed by atoms with Gasteiger partial charge in [-0.05, 0) is 181 Å². The highest BCUT2D eigenvalue weighted by molar-refractivity contribution is 5.80. The summed E-state index contributed by atoms with van der Waals surface area (Å²) in [6.45, 7) is 36.8. The van der Waals surface area contributed by atoms with Gasteiger partial charge in [-0.25, -0.2) is 4.79 Å². The first kappa shape index (κ1) is 52.8. The Morgan fingerprint density at radius 2 is 0.769 bits per heavy atom. The number of aromatic hydroxyl groups is 2. The summed E-state index contributed by atoms with van der Waals surface area (Å²) >= 11 is 0. The maximum absolute atomic E-state index is 13.2. The van der Waals surface area contributed by atoms with Crippen molar-refractivity contribution in [2.24, 2.45) is 11.7 Å². The fourth-order valence-electron chi connectivity index (χ4n) is 8.65. The Balaban J connectivity index is 1.78. The standard InChI is InChI=1S/C57H81NO7/c1-29(2)44-21-40(42-23-46(31(5)6)55(47(24-42)32(7)8)64-39(18)63-38(17)59)27-50(53(44)60)36(15)19-20-37(16)51-28-41(22-45(30(3)4)54(51)61)43-25-48(33(9)10)56(49(26-43)34(11)12)65-57(62)52(58)35(13)14/h21-37,39,52,60-61H,19-20,58H2,1-18H3. The van der Waals surface area contributed by atoms with Gasteiger partial charge in [0.25, 0.3) is 0 Å². The summed E-state index contributed by atoms with van der Waals surface area (Å²) in [5.41, 5.74) is 17.9. The quantitative estimate of drug-likeness (QED) is 0.0482. The molecule has 8 heteroatoms. The molecular formula is C57H81NO7. The zero-order valence-electron chi connectivity index (χ0n) is 42.9. The molecule has 0 heterocycles. The Morgan fingerprint density at radius 1 is 0.477 bits per heavy atom. The Hall–Kier alpha value is -4.82. The fraction of sp³-hybridized carbons (Fsp3) is 0.544. The van der Waals surface area contributed by atoms with Crippen LogP contribution in [-0.4, -0.2) is 34.5 Å². The Kier molecular flexibility index (Phi) is 18.0. The lowest BCUT2D eigenvalue weighted by Crippen LogP contribution is -2.39. The number of hydrogen-bond donors (Lipinski definition) is 3. The lowest BCUT2D eigenvalue weighted by Gasteiger charge is -2.26. The van der Waals surface area contributed by atoms with E-state index < -0.39 is 24.3 Å². The Morgan fingerprint density at radius 3 is 1.06 bits per heavy atom. The van der Waals surface area contributed by atoms with Gasteiger partial charge >= 0.3 is 11.9 Å². The van der Waals surface area contributed by atoms with Gasteiger partial charge in [0.2, 0.25) is 6.29 Å². The van der Waals surface area contributed by atoms with E-state index in [1.165, 1.54) is 6.92 Å². The first-order valence-corrected chi connectivity index (χ1v) is 24.2. The Labute approximate surface area is 391 Å². The zero-order valence-corrected chi connectivity index (χ0v) is 42.9. The fourth-order valence-corrected chi connectivity index (χ4v) is 8.65. The molecular weight excluding hydrogens is 811 g/mol. The molecule has 0 aromatic heterocycles. The zero-order chi connectivity index (χ0) is 48.9. The van der Waals surface area contributed by atoms with Crippen molar-refractivity contribution in [3.8, 4) is 45.3 Å². The normalized spacial score (nSPS) is 13.9. The molecule has 4 N–H and O–H groups in total. The monoisotopic (exact) mass is 892 g/mol. The van der Waals surface area contributed by atoms with E-state index in [4.69, 9.17) is 19.9 Å². The van der Waals surface area contributed by atoms with Crippen LogP contribution in [0.2, 0.25) is 0 Å². The van der Waals surface area contributed by atoms with Crippen LogP contribution in [0.5, 0.6) is 23.0 Å². The van der Waals surface area contributed by atoms with Crippen molar-refractivity contribution >= 4 is 11.9 Å². The van der Waals surface area contributed by atoms with Crippen LogP contribution in [0, 0.1) is 5.92 Å². The molecule has 65 heavy (non-hydrogen) atoms. The molecule has 0 aliphatic carbocycles. The smallest absolute Gasteiger partial charge is 0.328 e. The van der Waals surface area contributed by atoms with Crippen LogP contribution in [0.4, 0.5) is 0 Å². The van der Waals surface area contributed by atoms with Gasteiger partial charge in [-0.1, -0.05) is 111 Å². The number of nitrogens with two attached hydrogens (primary N) is 1. The van der Waals surface area contributed by atoms with Gasteiger partial charge in [-0.3, -0.25) is 4.79 Å². The topological polar surface area (TPSA) is 128 Å². The Bertz CT molecular complexity index is 2240. The van der Waals surface area contributed by atoms with Gasteiger partial charge < -0.3 is 30.2 Å². The van der Waals surface area contributed by atoms with E-state index >= 15 is 0 Å². The maximum atomic E-state index is 13.2. The van der Waals surface area contributed by atoms with Crippen molar-refractivity contribution in [2.75, 3.05) is 0 Å². The third-order valence-corrected chi connectivity index (χ3v) is 12.9. The summed E-state index contributed by atoms with van der Waals surface area (Å²) in [6.07, 6.45) is 0.817. The highest BCUT2D eigenvalue weighted by Crippen LogP contribution is 2.46. The van der Waals surface area contributed by atoms with E-state index in [1.54, 1.807) is 6.92 Å². The first-order chi connectivity index (χ1) is 30.2. The number of phenolic OH excluding ortho intramolecular Hbond substituents is 2. The minimum atomic E-state index is -0.736. The maximum Gasteiger partial charge on any atom is 0.328 e. The van der Waals surface area contributed by atoms with Crippen molar-refractivity contribution in [3.63, 3.8) is 0 Å². The summed E-state index contributed by atoms with van der Waals surface area (Å²) in [5.74, 6) is 1.70. The summed E-state index contributed by atoms with van der Waals surface area (Å²) < 4.78 is 17.8. The molecule has 4 rings (SSSR count). The van der Waals surface area contributed by atoms with Crippen LogP contribution >= 0.6 is 0 Å². The van der Waals surface area contributed by atoms with E-state index in [9.17, 15) is 19.8 Å². The number of esters is 2. The SMILES string of the molecule is CC(=O)OC(C)Oc1c(C(C)C)cc(-c2cc(C(C)C)c(O)c(C(C)CCC(C)c3cc(-c4cc(C(C)C)c(OC(=O)C(N)C(C)C)c(C(C)C)c4)cc(C(C)C)c3O)c2)cc1C(C)C. The lowest BCUT2D eigenvalue weighted by molar-refractivity contribution is -0.158. The highest BCUT2D eigenvalue weighted by atomic mass is 16.7. The second-order valence-corrected chi connectivity index (χ2v) is 20.8. The predicted molar refractivity (Wildman–Crippen MR) is 268 cm³/mol. The average molecular weight is 892 g/mol. The minimum absolute atomic E-state index is 0.000740. The van der Waals surface area contributed by atoms with Gasteiger partial charge in [-0.15, -0.1) is 0 Å². The molecule has 0 saturated carbocycles. The number of phenols is 2. The lowest BCUT2D eigenvalue weighted by atomic mass is 9.82. The molecule has 4 aromatic rings. The predicted octanol–water partition coefficient (Wildman–Crippen LogP) is 15.0. The highest BCUT2D eigenvalue weighted by Gasteiger charge is 2.28. The van der Waals surface area contributed by atoms with E-state index in [1.807, 2.05) is 13.8 Å². The summed E-state index contributed by atoms with van der Waals surface area (Å²) in [6, 6.07) is 16.4. The van der Waals surface area contributed by atoms with Crippen molar-refractivity contribution in [3.05, 3.63) is 93.0 Å². The van der Waals surface area contributed by atoms with Crippen LogP contribution < -0.4 is 15.2 Å². The average Bonchev–Trinajstić information content (AvgIpc) is 3.21. The summed E-state index contributed by atoms with van der Waals surface area (Å²) in [5, 5.41) is 23.8. The van der Waals surface area contributed by atoms with Gasteiger partial charge in [0.1, 0.15) is 29.0 Å². The van der Waals surface area contributed by atoms with Crippen LogP contribution in [0.3, 0.4) is 0 Å².